The van der Waals surface area contributed by atoms with Crippen LogP contribution in [0.1, 0.15) is 27.0 Å². The lowest BCUT2D eigenvalue weighted by atomic mass is 10.0. The maximum Gasteiger partial charge on any atom is 0.254 e. The van der Waals surface area contributed by atoms with Crippen molar-refractivity contribution in [2.45, 2.75) is 20.4 Å². The average Bonchev–Trinajstić information content (AvgIpc) is 2.58. The van der Waals surface area contributed by atoms with E-state index in [0.717, 1.165) is 43.9 Å². The van der Waals surface area contributed by atoms with Gasteiger partial charge < -0.3 is 9.80 Å². The van der Waals surface area contributed by atoms with Crippen LogP contribution in [0, 0.1) is 13.8 Å². The molecule has 1 heterocycles. The first-order valence-corrected chi connectivity index (χ1v) is 8.38. The second-order valence-electron chi connectivity index (χ2n) is 6.45. The molecule has 1 N–H and O–H groups in total. The number of aryl methyl sites for hydroxylation is 1. The predicted molar refractivity (Wildman–Crippen MR) is 92.7 cm³/mol. The maximum absolute atomic E-state index is 12.8. The molecule has 3 heteroatoms. The number of amides is 1. The van der Waals surface area contributed by atoms with Crippen LogP contribution in [-0.4, -0.2) is 37.0 Å². The number of carbonyl (C=O) groups excluding carboxylic acids is 1. The van der Waals surface area contributed by atoms with E-state index in [4.69, 9.17) is 0 Å². The summed E-state index contributed by atoms with van der Waals surface area (Å²) in [6.07, 6.45) is 0. The van der Waals surface area contributed by atoms with Gasteiger partial charge in [0.05, 0.1) is 26.2 Å². The zero-order valence-electron chi connectivity index (χ0n) is 14.0. The first-order valence-electron chi connectivity index (χ1n) is 8.38. The summed E-state index contributed by atoms with van der Waals surface area (Å²) in [5.74, 6) is 0.185. The molecule has 0 radical (unpaired) electrons. The summed E-state index contributed by atoms with van der Waals surface area (Å²) >= 11 is 0. The van der Waals surface area contributed by atoms with E-state index in [0.29, 0.717) is 0 Å². The highest BCUT2D eigenvalue weighted by molar-refractivity contribution is 5.96. The zero-order chi connectivity index (χ0) is 16.2. The third-order valence-corrected chi connectivity index (χ3v) is 4.89. The number of hydrogen-bond acceptors (Lipinski definition) is 1. The second kappa shape index (κ2) is 6.97. The minimum absolute atomic E-state index is 0.185. The number of nitrogens with one attached hydrogen (secondary N) is 1. The number of hydrogen-bond donors (Lipinski definition) is 1. The smallest absolute Gasteiger partial charge is 0.254 e. The number of carbonyl (C=O) groups is 1. The molecule has 0 aliphatic carbocycles. The van der Waals surface area contributed by atoms with Gasteiger partial charge in [0, 0.05) is 11.1 Å². The van der Waals surface area contributed by atoms with Crippen molar-refractivity contribution in [3.05, 3.63) is 70.8 Å². The van der Waals surface area contributed by atoms with Crippen LogP contribution >= 0.6 is 0 Å². The van der Waals surface area contributed by atoms with E-state index < -0.39 is 0 Å². The zero-order valence-corrected chi connectivity index (χ0v) is 14.0. The molecule has 1 aliphatic heterocycles. The third kappa shape index (κ3) is 3.62. The Bertz CT molecular complexity index is 673. The Morgan fingerprint density at radius 1 is 1.00 bits per heavy atom. The molecular weight excluding hydrogens is 284 g/mol. The fourth-order valence-corrected chi connectivity index (χ4v) is 3.24. The standard InChI is InChI=1S/C20H24N2O/c1-16-7-6-10-19(17(16)2)20(23)22-13-11-21(12-14-22)15-18-8-4-3-5-9-18/h3-10H,11-15H2,1-2H3/p+1. The molecule has 3 rings (SSSR count). The van der Waals surface area contributed by atoms with Crippen LogP contribution in [0.2, 0.25) is 0 Å². The molecule has 0 bridgehead atoms. The molecule has 3 nitrogen and oxygen atoms in total. The van der Waals surface area contributed by atoms with E-state index >= 15 is 0 Å². The Morgan fingerprint density at radius 3 is 2.39 bits per heavy atom. The van der Waals surface area contributed by atoms with Gasteiger partial charge >= 0.3 is 0 Å². The largest absolute Gasteiger partial charge is 0.328 e. The molecular formula is C20H25N2O+. The summed E-state index contributed by atoms with van der Waals surface area (Å²) in [7, 11) is 0. The van der Waals surface area contributed by atoms with Gasteiger partial charge in [0.25, 0.3) is 5.91 Å². The van der Waals surface area contributed by atoms with E-state index in [1.807, 2.05) is 24.0 Å². The topological polar surface area (TPSA) is 24.8 Å². The molecule has 0 unspecified atom stereocenters. The first-order chi connectivity index (χ1) is 11.1. The quantitative estimate of drug-likeness (QED) is 0.919. The van der Waals surface area contributed by atoms with Crippen molar-refractivity contribution in [1.82, 2.24) is 4.90 Å². The van der Waals surface area contributed by atoms with E-state index in [-0.39, 0.29) is 5.91 Å². The summed E-state index contributed by atoms with van der Waals surface area (Å²) in [6.45, 7) is 8.87. The number of piperazine rings is 1. The highest BCUT2D eigenvalue weighted by Gasteiger charge is 2.25. The molecule has 1 saturated heterocycles. The van der Waals surface area contributed by atoms with Crippen molar-refractivity contribution in [3.8, 4) is 0 Å². The fourth-order valence-electron chi connectivity index (χ4n) is 3.24. The Balaban J connectivity index is 1.60. The number of nitrogens with zero attached hydrogens (tertiary/aromatic N) is 1. The van der Waals surface area contributed by atoms with Crippen LogP contribution in [0.15, 0.2) is 48.5 Å². The fraction of sp³-hybridized carbons (Fsp3) is 0.350. The van der Waals surface area contributed by atoms with Crippen molar-refractivity contribution in [1.29, 1.82) is 0 Å². The Kier molecular flexibility index (Phi) is 4.77. The normalized spacial score (nSPS) is 15.7. The first kappa shape index (κ1) is 15.8. The Labute approximate surface area is 138 Å². The van der Waals surface area contributed by atoms with Crippen molar-refractivity contribution in [2.75, 3.05) is 26.2 Å². The van der Waals surface area contributed by atoms with Gasteiger partial charge in [-0.1, -0.05) is 42.5 Å². The number of quaternary nitrogens is 1. The maximum atomic E-state index is 12.8. The highest BCUT2D eigenvalue weighted by atomic mass is 16.2. The SMILES string of the molecule is Cc1cccc(C(=O)N2CC[NH+](Cc3ccccc3)CC2)c1C. The van der Waals surface area contributed by atoms with E-state index in [9.17, 15) is 4.79 Å². The summed E-state index contributed by atoms with van der Waals surface area (Å²) in [5, 5.41) is 0. The minimum Gasteiger partial charge on any atom is -0.328 e. The van der Waals surface area contributed by atoms with Gasteiger partial charge in [-0.15, -0.1) is 0 Å². The van der Waals surface area contributed by atoms with Gasteiger partial charge in [-0.25, -0.2) is 0 Å². The molecule has 0 aromatic heterocycles. The van der Waals surface area contributed by atoms with Gasteiger partial charge in [0.1, 0.15) is 6.54 Å². The molecule has 23 heavy (non-hydrogen) atoms. The molecule has 0 spiro atoms. The van der Waals surface area contributed by atoms with Gasteiger partial charge in [-0.3, -0.25) is 4.79 Å². The van der Waals surface area contributed by atoms with Gasteiger partial charge in [-0.2, -0.15) is 0 Å². The third-order valence-electron chi connectivity index (χ3n) is 4.89. The second-order valence-corrected chi connectivity index (χ2v) is 6.45. The van der Waals surface area contributed by atoms with Crippen molar-refractivity contribution in [2.24, 2.45) is 0 Å². The summed E-state index contributed by atoms with van der Waals surface area (Å²) < 4.78 is 0. The molecule has 2 aromatic rings. The molecule has 1 aliphatic rings. The lowest BCUT2D eigenvalue weighted by Gasteiger charge is -2.32. The van der Waals surface area contributed by atoms with Crippen LogP contribution in [0.5, 0.6) is 0 Å². The summed E-state index contributed by atoms with van der Waals surface area (Å²) in [5.41, 5.74) is 4.52. The van der Waals surface area contributed by atoms with Crippen LogP contribution in [0.25, 0.3) is 0 Å². The molecule has 0 saturated carbocycles. The molecule has 0 atom stereocenters. The van der Waals surface area contributed by atoms with Crippen molar-refractivity contribution < 1.29 is 9.69 Å². The van der Waals surface area contributed by atoms with Crippen LogP contribution in [0.3, 0.4) is 0 Å². The number of benzene rings is 2. The van der Waals surface area contributed by atoms with E-state index in [1.54, 1.807) is 4.90 Å². The van der Waals surface area contributed by atoms with E-state index in [2.05, 4.69) is 43.3 Å². The lowest BCUT2D eigenvalue weighted by Crippen LogP contribution is -3.13. The van der Waals surface area contributed by atoms with Crippen molar-refractivity contribution >= 4 is 5.91 Å². The van der Waals surface area contributed by atoms with Crippen LogP contribution in [0.4, 0.5) is 0 Å². The Hall–Kier alpha value is -2.13. The average molecular weight is 309 g/mol. The molecule has 1 amide bonds. The summed E-state index contributed by atoms with van der Waals surface area (Å²) in [4.78, 5) is 16.3. The predicted octanol–water partition coefficient (Wildman–Crippen LogP) is 1.84. The Morgan fingerprint density at radius 2 is 1.70 bits per heavy atom. The van der Waals surface area contributed by atoms with Gasteiger partial charge in [-0.05, 0) is 31.0 Å². The van der Waals surface area contributed by atoms with Crippen molar-refractivity contribution in [3.63, 3.8) is 0 Å². The molecule has 2 aromatic carbocycles. The number of rotatable bonds is 3. The van der Waals surface area contributed by atoms with E-state index in [1.165, 1.54) is 11.1 Å². The summed E-state index contributed by atoms with van der Waals surface area (Å²) in [6, 6.07) is 16.6. The molecule has 120 valence electrons. The van der Waals surface area contributed by atoms with Gasteiger partial charge in [0.2, 0.25) is 0 Å². The monoisotopic (exact) mass is 309 g/mol. The van der Waals surface area contributed by atoms with Gasteiger partial charge in [0.15, 0.2) is 0 Å². The van der Waals surface area contributed by atoms with Crippen LogP contribution in [-0.2, 0) is 6.54 Å². The molecule has 1 fully saturated rings. The minimum atomic E-state index is 0.185. The van der Waals surface area contributed by atoms with Crippen LogP contribution < -0.4 is 4.90 Å². The lowest BCUT2D eigenvalue weighted by molar-refractivity contribution is -0.917. The highest BCUT2D eigenvalue weighted by Crippen LogP contribution is 2.15.